The van der Waals surface area contributed by atoms with E-state index in [0.29, 0.717) is 0 Å². The number of hydrogen-bond donors (Lipinski definition) is 2. The average molecular weight is 249 g/mol. The molecule has 9 heteroatoms. The second-order valence-electron chi connectivity index (χ2n) is 2.75. The Hall–Kier alpha value is -0.830. The number of hydrogen-bond acceptors (Lipinski definition) is 3. The number of sulfonamides is 1. The van der Waals surface area contributed by atoms with Gasteiger partial charge in [0.05, 0.1) is 0 Å². The number of carboxylic acids is 1. The van der Waals surface area contributed by atoms with Gasteiger partial charge in [0.15, 0.2) is 0 Å². The minimum absolute atomic E-state index is 0.204. The Labute approximate surface area is 84.3 Å². The fraction of sp³-hybridized carbons (Fsp3) is 0.833. The molecular weight excluding hydrogens is 239 g/mol. The highest BCUT2D eigenvalue weighted by Gasteiger charge is 2.47. The van der Waals surface area contributed by atoms with E-state index in [2.05, 4.69) is 0 Å². The fourth-order valence-corrected chi connectivity index (χ4v) is 1.50. The summed E-state index contributed by atoms with van der Waals surface area (Å²) in [7, 11) is -5.60. The first kappa shape index (κ1) is 14.2. The van der Waals surface area contributed by atoms with Gasteiger partial charge in [-0.1, -0.05) is 13.3 Å². The smallest absolute Gasteiger partial charge is 0.480 e. The molecule has 0 bridgehead atoms. The zero-order chi connectivity index (χ0) is 12.3. The third-order valence-corrected chi connectivity index (χ3v) is 2.68. The van der Waals surface area contributed by atoms with E-state index >= 15 is 0 Å². The lowest BCUT2D eigenvalue weighted by Gasteiger charge is -2.15. The van der Waals surface area contributed by atoms with Gasteiger partial charge < -0.3 is 5.11 Å². The van der Waals surface area contributed by atoms with E-state index in [1.807, 2.05) is 0 Å². The molecule has 1 atom stereocenters. The van der Waals surface area contributed by atoms with Crippen LogP contribution >= 0.6 is 0 Å². The van der Waals surface area contributed by atoms with Crippen LogP contribution in [0.15, 0.2) is 0 Å². The quantitative estimate of drug-likeness (QED) is 0.750. The van der Waals surface area contributed by atoms with Gasteiger partial charge in [-0.25, -0.2) is 8.42 Å². The minimum Gasteiger partial charge on any atom is -0.480 e. The van der Waals surface area contributed by atoms with Crippen LogP contribution in [-0.4, -0.2) is 31.0 Å². The lowest BCUT2D eigenvalue weighted by atomic mass is 10.2. The molecule has 0 spiro atoms. The number of carboxylic acid groups (broad SMARTS) is 1. The molecule has 0 saturated heterocycles. The molecule has 2 N–H and O–H groups in total. The highest BCUT2D eigenvalue weighted by molar-refractivity contribution is 7.90. The molecule has 0 fully saturated rings. The van der Waals surface area contributed by atoms with E-state index in [4.69, 9.17) is 5.11 Å². The van der Waals surface area contributed by atoms with E-state index in [1.165, 1.54) is 6.92 Å². The Balaban J connectivity index is 4.76. The summed E-state index contributed by atoms with van der Waals surface area (Å²) in [4.78, 5) is 10.4. The molecule has 0 aliphatic carbocycles. The largest absolute Gasteiger partial charge is 0.511 e. The molecular formula is C6H10F3NO4S. The molecule has 0 aromatic carbocycles. The predicted molar refractivity (Wildman–Crippen MR) is 44.4 cm³/mol. The maximum Gasteiger partial charge on any atom is 0.511 e. The lowest BCUT2D eigenvalue weighted by Crippen LogP contribution is -2.46. The van der Waals surface area contributed by atoms with E-state index in [1.54, 1.807) is 0 Å². The Morgan fingerprint density at radius 1 is 1.47 bits per heavy atom. The number of nitrogens with one attached hydrogen (secondary N) is 1. The van der Waals surface area contributed by atoms with E-state index in [0.717, 1.165) is 4.72 Å². The Morgan fingerprint density at radius 3 is 2.20 bits per heavy atom. The second kappa shape index (κ2) is 4.79. The number of alkyl halides is 3. The van der Waals surface area contributed by atoms with Gasteiger partial charge in [0.2, 0.25) is 0 Å². The molecule has 0 aromatic rings. The van der Waals surface area contributed by atoms with Gasteiger partial charge in [-0.2, -0.15) is 17.9 Å². The Morgan fingerprint density at radius 2 is 1.93 bits per heavy atom. The summed E-state index contributed by atoms with van der Waals surface area (Å²) in [6, 6.07) is -1.75. The highest BCUT2D eigenvalue weighted by atomic mass is 32.2. The number of halogens is 3. The SMILES string of the molecule is CCC[C@H](NS(=O)(=O)C(F)(F)F)C(=O)O. The number of carbonyl (C=O) groups is 1. The molecule has 0 aromatic heterocycles. The molecule has 0 saturated carbocycles. The van der Waals surface area contributed by atoms with Crippen LogP contribution in [0.1, 0.15) is 19.8 Å². The highest BCUT2D eigenvalue weighted by Crippen LogP contribution is 2.22. The van der Waals surface area contributed by atoms with E-state index < -0.39 is 27.5 Å². The molecule has 5 nitrogen and oxygen atoms in total. The van der Waals surface area contributed by atoms with Crippen molar-refractivity contribution < 1.29 is 31.5 Å². The van der Waals surface area contributed by atoms with Gasteiger partial charge in [0.25, 0.3) is 0 Å². The van der Waals surface area contributed by atoms with Crippen LogP contribution in [0, 0.1) is 0 Å². The summed E-state index contributed by atoms with van der Waals surface area (Å²) < 4.78 is 57.7. The van der Waals surface area contributed by atoms with Crippen LogP contribution < -0.4 is 4.72 Å². The van der Waals surface area contributed by atoms with Crippen molar-refractivity contribution in [1.82, 2.24) is 4.72 Å². The summed E-state index contributed by atoms with van der Waals surface area (Å²) in [6.07, 6.45) is 0.0436. The van der Waals surface area contributed by atoms with Gasteiger partial charge in [-0.3, -0.25) is 4.79 Å². The summed E-state index contributed by atoms with van der Waals surface area (Å²) in [5.74, 6) is -1.63. The molecule has 0 heterocycles. The monoisotopic (exact) mass is 249 g/mol. The third-order valence-electron chi connectivity index (χ3n) is 1.48. The number of aliphatic carboxylic acids is 1. The van der Waals surface area contributed by atoms with Crippen molar-refractivity contribution in [3.05, 3.63) is 0 Å². The first-order valence-electron chi connectivity index (χ1n) is 3.93. The Kier molecular flexibility index (Phi) is 4.53. The van der Waals surface area contributed by atoms with Crippen molar-refractivity contribution in [2.75, 3.05) is 0 Å². The molecule has 0 unspecified atom stereocenters. The second-order valence-corrected chi connectivity index (χ2v) is 4.45. The van der Waals surface area contributed by atoms with Gasteiger partial charge >= 0.3 is 21.5 Å². The Bertz CT molecular complexity index is 324. The van der Waals surface area contributed by atoms with Crippen LogP contribution in [-0.2, 0) is 14.8 Å². The predicted octanol–water partition coefficient (Wildman–Crippen LogP) is 0.679. The van der Waals surface area contributed by atoms with Gasteiger partial charge in [0.1, 0.15) is 6.04 Å². The topological polar surface area (TPSA) is 83.5 Å². The van der Waals surface area contributed by atoms with Crippen molar-refractivity contribution in [2.45, 2.75) is 31.3 Å². The van der Waals surface area contributed by atoms with Crippen LogP contribution in [0.2, 0.25) is 0 Å². The zero-order valence-electron chi connectivity index (χ0n) is 7.71. The molecule has 90 valence electrons. The first-order chi connectivity index (χ1) is 6.62. The first-order valence-corrected chi connectivity index (χ1v) is 5.41. The summed E-state index contributed by atoms with van der Waals surface area (Å²) in [5.41, 5.74) is -5.49. The van der Waals surface area contributed by atoms with Gasteiger partial charge in [0, 0.05) is 0 Å². The molecule has 0 radical (unpaired) electrons. The lowest BCUT2D eigenvalue weighted by molar-refractivity contribution is -0.139. The van der Waals surface area contributed by atoms with Crippen molar-refractivity contribution in [1.29, 1.82) is 0 Å². The minimum atomic E-state index is -5.60. The van der Waals surface area contributed by atoms with Crippen molar-refractivity contribution >= 4 is 16.0 Å². The average Bonchev–Trinajstić information content (AvgIpc) is 2.00. The third kappa shape index (κ3) is 4.04. The van der Waals surface area contributed by atoms with Gasteiger partial charge in [-0.05, 0) is 6.42 Å². The van der Waals surface area contributed by atoms with Crippen LogP contribution in [0.4, 0.5) is 13.2 Å². The summed E-state index contributed by atoms with van der Waals surface area (Å²) in [5, 5.41) is 8.44. The van der Waals surface area contributed by atoms with Crippen molar-refractivity contribution in [2.24, 2.45) is 0 Å². The van der Waals surface area contributed by atoms with Crippen molar-refractivity contribution in [3.63, 3.8) is 0 Å². The maximum absolute atomic E-state index is 11.9. The summed E-state index contributed by atoms with van der Waals surface area (Å²) >= 11 is 0. The normalized spacial score (nSPS) is 14.9. The van der Waals surface area contributed by atoms with Crippen LogP contribution in [0.5, 0.6) is 0 Å². The van der Waals surface area contributed by atoms with E-state index in [-0.39, 0.29) is 12.8 Å². The maximum atomic E-state index is 11.9. The molecule has 0 aliphatic rings. The molecule has 15 heavy (non-hydrogen) atoms. The van der Waals surface area contributed by atoms with Crippen LogP contribution in [0.25, 0.3) is 0 Å². The summed E-state index contributed by atoms with van der Waals surface area (Å²) in [6.45, 7) is 1.53. The van der Waals surface area contributed by atoms with Crippen molar-refractivity contribution in [3.8, 4) is 0 Å². The van der Waals surface area contributed by atoms with Crippen LogP contribution in [0.3, 0.4) is 0 Å². The van der Waals surface area contributed by atoms with E-state index in [9.17, 15) is 26.4 Å². The molecule has 0 amide bonds. The number of rotatable bonds is 5. The fourth-order valence-electron chi connectivity index (χ4n) is 0.776. The molecule has 0 aliphatic heterocycles. The standard InChI is InChI=1S/C6H10F3NO4S/c1-2-3-4(5(11)12)10-15(13,14)6(7,8)9/h4,10H,2-3H2,1H3,(H,11,12)/t4-/m0/s1. The van der Waals surface area contributed by atoms with Gasteiger partial charge in [-0.15, -0.1) is 0 Å². The zero-order valence-corrected chi connectivity index (χ0v) is 8.52. The molecule has 0 rings (SSSR count).